The highest BCUT2D eigenvalue weighted by Gasteiger charge is 2.44. The van der Waals surface area contributed by atoms with E-state index in [2.05, 4.69) is 24.3 Å². The largest absolute Gasteiger partial charge is 0.395 e. The van der Waals surface area contributed by atoms with E-state index in [0.29, 0.717) is 6.61 Å². The van der Waals surface area contributed by atoms with Gasteiger partial charge in [-0.25, -0.2) is 0 Å². The second-order valence-corrected chi connectivity index (χ2v) is 5.45. The molecule has 1 N–H and O–H groups in total. The highest BCUT2D eigenvalue weighted by molar-refractivity contribution is 5.38. The molecular weight excluding hydrogens is 196 g/mol. The van der Waals surface area contributed by atoms with Crippen molar-refractivity contribution in [2.45, 2.75) is 43.9 Å². The lowest BCUT2D eigenvalue weighted by Gasteiger charge is -2.48. The molecule has 1 heteroatoms. The Labute approximate surface area is 97.5 Å². The minimum atomic E-state index is 0.104. The summed E-state index contributed by atoms with van der Waals surface area (Å²) in [5.41, 5.74) is 3.04. The molecule has 1 fully saturated rings. The third-order valence-electron chi connectivity index (χ3n) is 4.79. The average Bonchev–Trinajstić information content (AvgIpc) is 2.27. The van der Waals surface area contributed by atoms with Crippen LogP contribution in [0, 0.1) is 5.92 Å². The molecule has 16 heavy (non-hydrogen) atoms. The van der Waals surface area contributed by atoms with Crippen molar-refractivity contribution in [2.24, 2.45) is 5.92 Å². The molecule has 0 saturated heterocycles. The lowest BCUT2D eigenvalue weighted by atomic mass is 9.57. The third kappa shape index (κ3) is 1.34. The van der Waals surface area contributed by atoms with Crippen molar-refractivity contribution in [3.8, 4) is 0 Å². The van der Waals surface area contributed by atoms with Crippen molar-refractivity contribution in [1.82, 2.24) is 0 Å². The molecule has 0 radical (unpaired) electrons. The number of rotatable bonds is 2. The van der Waals surface area contributed by atoms with Gasteiger partial charge >= 0.3 is 0 Å². The van der Waals surface area contributed by atoms with E-state index in [1.165, 1.54) is 49.7 Å². The van der Waals surface area contributed by atoms with Crippen molar-refractivity contribution in [2.75, 3.05) is 6.61 Å². The van der Waals surface area contributed by atoms with Crippen LogP contribution in [0.5, 0.6) is 0 Å². The molecule has 0 bridgehead atoms. The van der Waals surface area contributed by atoms with Gasteiger partial charge in [0.1, 0.15) is 0 Å². The number of aliphatic hydroxyl groups excluding tert-OH is 1. The molecule has 2 aliphatic carbocycles. The zero-order chi connectivity index (χ0) is 11.0. The first-order valence-electron chi connectivity index (χ1n) is 6.56. The van der Waals surface area contributed by atoms with Gasteiger partial charge in [-0.05, 0) is 49.1 Å². The molecule has 3 rings (SSSR count). The summed E-state index contributed by atoms with van der Waals surface area (Å²) in [4.78, 5) is 0. The van der Waals surface area contributed by atoms with Crippen LogP contribution >= 0.6 is 0 Å². The van der Waals surface area contributed by atoms with Crippen LogP contribution in [0.4, 0.5) is 0 Å². The van der Waals surface area contributed by atoms with Crippen LogP contribution in [0.2, 0.25) is 0 Å². The van der Waals surface area contributed by atoms with E-state index in [1.807, 2.05) is 0 Å². The van der Waals surface area contributed by atoms with Crippen molar-refractivity contribution < 1.29 is 5.11 Å². The summed E-state index contributed by atoms with van der Waals surface area (Å²) in [5, 5.41) is 9.92. The lowest BCUT2D eigenvalue weighted by molar-refractivity contribution is 0.0709. The van der Waals surface area contributed by atoms with Gasteiger partial charge in [0.2, 0.25) is 0 Å². The minimum Gasteiger partial charge on any atom is -0.395 e. The molecule has 1 aromatic rings. The summed E-state index contributed by atoms with van der Waals surface area (Å²) < 4.78 is 0. The standard InChI is InChI=1S/C15H20O/c16-11-15(13-7-3-8-13)10-4-6-12-5-1-2-9-14(12)15/h1-2,5,9,13,16H,3-4,6-8,10-11H2. The third-order valence-corrected chi connectivity index (χ3v) is 4.79. The molecular formula is C15H20O. The molecule has 1 atom stereocenters. The monoisotopic (exact) mass is 216 g/mol. The Morgan fingerprint density at radius 1 is 1.19 bits per heavy atom. The van der Waals surface area contributed by atoms with E-state index >= 15 is 0 Å². The molecule has 0 aliphatic heterocycles. The van der Waals surface area contributed by atoms with E-state index in [1.54, 1.807) is 0 Å². The first-order valence-corrected chi connectivity index (χ1v) is 6.56. The van der Waals surface area contributed by atoms with Gasteiger partial charge in [-0.2, -0.15) is 0 Å². The molecule has 0 heterocycles. The maximum atomic E-state index is 9.92. The van der Waals surface area contributed by atoms with Gasteiger partial charge in [-0.3, -0.25) is 0 Å². The topological polar surface area (TPSA) is 20.2 Å². The molecule has 1 aromatic carbocycles. The summed E-state index contributed by atoms with van der Waals surface area (Å²) in [6, 6.07) is 8.76. The molecule has 1 unspecified atom stereocenters. The molecule has 86 valence electrons. The fourth-order valence-corrected chi connectivity index (χ4v) is 3.63. The van der Waals surface area contributed by atoms with Crippen LogP contribution in [-0.4, -0.2) is 11.7 Å². The summed E-state index contributed by atoms with van der Waals surface area (Å²) >= 11 is 0. The van der Waals surface area contributed by atoms with Crippen LogP contribution in [0.3, 0.4) is 0 Å². The number of aliphatic hydroxyl groups is 1. The average molecular weight is 216 g/mol. The van der Waals surface area contributed by atoms with E-state index in [9.17, 15) is 5.11 Å². The first-order chi connectivity index (χ1) is 7.87. The van der Waals surface area contributed by atoms with Crippen molar-refractivity contribution in [3.63, 3.8) is 0 Å². The maximum Gasteiger partial charge on any atom is 0.0530 e. The molecule has 1 saturated carbocycles. The fourth-order valence-electron chi connectivity index (χ4n) is 3.63. The Bertz CT molecular complexity index is 381. The Morgan fingerprint density at radius 2 is 2.00 bits per heavy atom. The van der Waals surface area contributed by atoms with Crippen LogP contribution in [-0.2, 0) is 11.8 Å². The zero-order valence-electron chi connectivity index (χ0n) is 9.78. The highest BCUT2D eigenvalue weighted by atomic mass is 16.3. The van der Waals surface area contributed by atoms with E-state index in [4.69, 9.17) is 0 Å². The smallest absolute Gasteiger partial charge is 0.0530 e. The van der Waals surface area contributed by atoms with Gasteiger partial charge in [-0.15, -0.1) is 0 Å². The summed E-state index contributed by atoms with van der Waals surface area (Å²) in [6.07, 6.45) is 7.61. The van der Waals surface area contributed by atoms with Crippen LogP contribution in [0.25, 0.3) is 0 Å². The zero-order valence-corrected chi connectivity index (χ0v) is 9.78. The first kappa shape index (κ1) is 10.3. The molecule has 0 amide bonds. The number of fused-ring (bicyclic) bond motifs is 1. The van der Waals surface area contributed by atoms with E-state index in [0.717, 1.165) is 5.92 Å². The Hall–Kier alpha value is -0.820. The molecule has 2 aliphatic rings. The van der Waals surface area contributed by atoms with E-state index < -0.39 is 0 Å². The van der Waals surface area contributed by atoms with Crippen LogP contribution in [0.1, 0.15) is 43.2 Å². The van der Waals surface area contributed by atoms with Gasteiger partial charge in [0.05, 0.1) is 6.61 Å². The SMILES string of the molecule is OCC1(C2CCC2)CCCc2ccccc21. The molecule has 0 spiro atoms. The number of hydrogen-bond donors (Lipinski definition) is 1. The number of hydrogen-bond acceptors (Lipinski definition) is 1. The fraction of sp³-hybridized carbons (Fsp3) is 0.600. The van der Waals surface area contributed by atoms with Crippen molar-refractivity contribution in [3.05, 3.63) is 35.4 Å². The summed E-state index contributed by atoms with van der Waals surface area (Å²) in [5.74, 6) is 0.735. The van der Waals surface area contributed by atoms with Crippen LogP contribution < -0.4 is 0 Å². The second-order valence-electron chi connectivity index (χ2n) is 5.45. The van der Waals surface area contributed by atoms with Crippen molar-refractivity contribution >= 4 is 0 Å². The van der Waals surface area contributed by atoms with Crippen LogP contribution in [0.15, 0.2) is 24.3 Å². The Morgan fingerprint density at radius 3 is 2.69 bits per heavy atom. The summed E-state index contributed by atoms with van der Waals surface area (Å²) in [7, 11) is 0. The van der Waals surface area contributed by atoms with Gasteiger partial charge in [0, 0.05) is 5.41 Å². The Balaban J connectivity index is 2.06. The number of aryl methyl sites for hydroxylation is 1. The molecule has 1 nitrogen and oxygen atoms in total. The second kappa shape index (κ2) is 3.89. The van der Waals surface area contributed by atoms with Gasteiger partial charge < -0.3 is 5.11 Å². The predicted octanol–water partition coefficient (Wildman–Crippen LogP) is 3.05. The normalized spacial score (nSPS) is 29.6. The molecule has 0 aromatic heterocycles. The Kier molecular flexibility index (Phi) is 2.51. The highest BCUT2D eigenvalue weighted by Crippen LogP contribution is 2.50. The van der Waals surface area contributed by atoms with Gasteiger partial charge in [0.15, 0.2) is 0 Å². The predicted molar refractivity (Wildman–Crippen MR) is 65.5 cm³/mol. The maximum absolute atomic E-state index is 9.92. The van der Waals surface area contributed by atoms with E-state index in [-0.39, 0.29) is 5.41 Å². The number of benzene rings is 1. The lowest BCUT2D eigenvalue weighted by Crippen LogP contribution is -2.44. The van der Waals surface area contributed by atoms with Gasteiger partial charge in [-0.1, -0.05) is 30.7 Å². The van der Waals surface area contributed by atoms with Crippen molar-refractivity contribution in [1.29, 1.82) is 0 Å². The van der Waals surface area contributed by atoms with Gasteiger partial charge in [0.25, 0.3) is 0 Å². The quantitative estimate of drug-likeness (QED) is 0.805. The summed E-state index contributed by atoms with van der Waals surface area (Å²) in [6.45, 7) is 0.342. The minimum absolute atomic E-state index is 0.104.